The highest BCUT2D eigenvalue weighted by atomic mass is 35.5. The number of halogens is 1. The molecule has 1 saturated heterocycles. The number of nitrogens with one attached hydrogen (secondary N) is 1. The fourth-order valence-electron chi connectivity index (χ4n) is 2.46. The lowest BCUT2D eigenvalue weighted by Gasteiger charge is -2.23. The molecular formula is C13H16ClN3S. The monoisotopic (exact) mass is 281 g/mol. The summed E-state index contributed by atoms with van der Waals surface area (Å²) in [5, 5.41) is 3.40. The summed E-state index contributed by atoms with van der Waals surface area (Å²) in [7, 11) is 0. The van der Waals surface area contributed by atoms with Gasteiger partial charge in [0.2, 0.25) is 0 Å². The van der Waals surface area contributed by atoms with Crippen molar-refractivity contribution in [2.45, 2.75) is 19.4 Å². The zero-order chi connectivity index (χ0) is 12.4. The van der Waals surface area contributed by atoms with Crippen LogP contribution in [0.3, 0.4) is 0 Å². The number of aromatic nitrogens is 2. The van der Waals surface area contributed by atoms with Crippen molar-refractivity contribution < 1.29 is 0 Å². The Morgan fingerprint density at radius 1 is 1.39 bits per heavy atom. The molecule has 0 bridgehead atoms. The first kappa shape index (κ1) is 12.2. The molecule has 0 radical (unpaired) electrons. The van der Waals surface area contributed by atoms with Gasteiger partial charge in [0.25, 0.3) is 0 Å². The second-order valence-electron chi connectivity index (χ2n) is 4.70. The minimum atomic E-state index is 0.759. The number of piperidine rings is 1. The standard InChI is InChI=1S/C13H16ClN3S/c14-12-2-1-11(18-12)13-16-7-8-17(13)9-10-3-5-15-6-4-10/h1-2,7-8,10,15H,3-6,9H2. The van der Waals surface area contributed by atoms with Crippen molar-refractivity contribution >= 4 is 22.9 Å². The molecule has 2 aromatic heterocycles. The molecule has 0 spiro atoms. The molecule has 1 fully saturated rings. The van der Waals surface area contributed by atoms with E-state index in [9.17, 15) is 0 Å². The van der Waals surface area contributed by atoms with Crippen molar-refractivity contribution in [2.75, 3.05) is 13.1 Å². The third-order valence-corrected chi connectivity index (χ3v) is 4.65. The Hall–Kier alpha value is -0.840. The van der Waals surface area contributed by atoms with Crippen LogP contribution < -0.4 is 5.32 Å². The van der Waals surface area contributed by atoms with E-state index >= 15 is 0 Å². The van der Waals surface area contributed by atoms with Crippen LogP contribution in [0.4, 0.5) is 0 Å². The summed E-state index contributed by atoms with van der Waals surface area (Å²) in [6.07, 6.45) is 6.46. The van der Waals surface area contributed by atoms with E-state index in [4.69, 9.17) is 11.6 Å². The van der Waals surface area contributed by atoms with Gasteiger partial charge < -0.3 is 9.88 Å². The summed E-state index contributed by atoms with van der Waals surface area (Å²) < 4.78 is 3.08. The molecule has 3 nitrogen and oxygen atoms in total. The zero-order valence-electron chi connectivity index (χ0n) is 10.1. The maximum atomic E-state index is 5.99. The number of rotatable bonds is 3. The van der Waals surface area contributed by atoms with Crippen LogP contribution in [-0.4, -0.2) is 22.6 Å². The van der Waals surface area contributed by atoms with Gasteiger partial charge in [-0.1, -0.05) is 11.6 Å². The molecule has 1 aliphatic rings. The second-order valence-corrected chi connectivity index (χ2v) is 6.42. The minimum Gasteiger partial charge on any atom is -0.330 e. The number of hydrogen-bond donors (Lipinski definition) is 1. The third kappa shape index (κ3) is 2.60. The molecule has 3 rings (SSSR count). The lowest BCUT2D eigenvalue weighted by molar-refractivity contribution is 0.334. The molecule has 0 saturated carbocycles. The summed E-state index contributed by atoms with van der Waals surface area (Å²) in [6.45, 7) is 3.34. The predicted octanol–water partition coefficient (Wildman–Crippen LogP) is 3.26. The first-order valence-corrected chi connectivity index (χ1v) is 7.50. The van der Waals surface area contributed by atoms with Crippen molar-refractivity contribution in [3.63, 3.8) is 0 Å². The molecule has 18 heavy (non-hydrogen) atoms. The summed E-state index contributed by atoms with van der Waals surface area (Å²) in [5.41, 5.74) is 0. The summed E-state index contributed by atoms with van der Waals surface area (Å²) >= 11 is 7.59. The Morgan fingerprint density at radius 2 is 2.22 bits per heavy atom. The van der Waals surface area contributed by atoms with Gasteiger partial charge in [-0.15, -0.1) is 11.3 Å². The van der Waals surface area contributed by atoms with E-state index in [0.717, 1.165) is 40.6 Å². The summed E-state index contributed by atoms with van der Waals surface area (Å²) in [6, 6.07) is 3.99. The normalized spacial score (nSPS) is 17.2. The van der Waals surface area contributed by atoms with Gasteiger partial charge in [-0.25, -0.2) is 4.98 Å². The maximum absolute atomic E-state index is 5.99. The van der Waals surface area contributed by atoms with E-state index in [1.54, 1.807) is 11.3 Å². The molecule has 2 aromatic rings. The van der Waals surface area contributed by atoms with Gasteiger partial charge in [-0.05, 0) is 44.0 Å². The number of thiophene rings is 1. The number of nitrogens with zero attached hydrogens (tertiary/aromatic N) is 2. The average Bonchev–Trinajstić information content (AvgIpc) is 2.99. The van der Waals surface area contributed by atoms with Crippen LogP contribution in [0.25, 0.3) is 10.7 Å². The first-order valence-electron chi connectivity index (χ1n) is 6.30. The molecule has 0 aromatic carbocycles. The molecule has 0 aliphatic carbocycles. The highest BCUT2D eigenvalue weighted by Crippen LogP contribution is 2.30. The SMILES string of the molecule is Clc1ccc(-c2nccn2CC2CCNCC2)s1. The van der Waals surface area contributed by atoms with Gasteiger partial charge in [0.15, 0.2) is 0 Å². The molecule has 1 N–H and O–H groups in total. The number of imidazole rings is 1. The fraction of sp³-hybridized carbons (Fsp3) is 0.462. The molecule has 0 unspecified atom stereocenters. The van der Waals surface area contributed by atoms with Crippen LogP contribution in [-0.2, 0) is 6.54 Å². The van der Waals surface area contributed by atoms with Crippen molar-refractivity contribution in [1.29, 1.82) is 0 Å². The lowest BCUT2D eigenvalue weighted by Crippen LogP contribution is -2.29. The highest BCUT2D eigenvalue weighted by Gasteiger charge is 2.16. The summed E-state index contributed by atoms with van der Waals surface area (Å²) in [5.74, 6) is 1.81. The maximum Gasteiger partial charge on any atom is 0.150 e. The lowest BCUT2D eigenvalue weighted by atomic mass is 9.98. The van der Waals surface area contributed by atoms with E-state index in [0.29, 0.717) is 0 Å². The summed E-state index contributed by atoms with van der Waals surface area (Å²) in [4.78, 5) is 5.62. The molecule has 1 aliphatic heterocycles. The quantitative estimate of drug-likeness (QED) is 0.936. The van der Waals surface area contributed by atoms with E-state index in [1.807, 2.05) is 18.3 Å². The molecule has 3 heterocycles. The largest absolute Gasteiger partial charge is 0.330 e. The third-order valence-electron chi connectivity index (χ3n) is 3.42. The molecular weight excluding hydrogens is 266 g/mol. The smallest absolute Gasteiger partial charge is 0.150 e. The number of hydrogen-bond acceptors (Lipinski definition) is 3. The van der Waals surface area contributed by atoms with Crippen LogP contribution in [0, 0.1) is 5.92 Å². The second kappa shape index (κ2) is 5.43. The van der Waals surface area contributed by atoms with E-state index in [1.165, 1.54) is 12.8 Å². The van der Waals surface area contributed by atoms with Gasteiger partial charge in [0, 0.05) is 18.9 Å². The van der Waals surface area contributed by atoms with Gasteiger partial charge in [0.1, 0.15) is 5.82 Å². The van der Waals surface area contributed by atoms with Gasteiger partial charge in [-0.3, -0.25) is 0 Å². The van der Waals surface area contributed by atoms with Crippen LogP contribution in [0.15, 0.2) is 24.5 Å². The minimum absolute atomic E-state index is 0.759. The topological polar surface area (TPSA) is 29.9 Å². The van der Waals surface area contributed by atoms with Crippen LogP contribution >= 0.6 is 22.9 Å². The van der Waals surface area contributed by atoms with Crippen molar-refractivity contribution in [3.05, 3.63) is 28.9 Å². The van der Waals surface area contributed by atoms with E-state index < -0.39 is 0 Å². The van der Waals surface area contributed by atoms with Crippen LogP contribution in [0.2, 0.25) is 4.34 Å². The Bertz CT molecular complexity index is 514. The van der Waals surface area contributed by atoms with Crippen LogP contribution in [0.1, 0.15) is 12.8 Å². The van der Waals surface area contributed by atoms with E-state index in [-0.39, 0.29) is 0 Å². The highest BCUT2D eigenvalue weighted by molar-refractivity contribution is 7.19. The molecule has 96 valence electrons. The average molecular weight is 282 g/mol. The zero-order valence-corrected chi connectivity index (χ0v) is 11.7. The Morgan fingerprint density at radius 3 is 2.94 bits per heavy atom. The van der Waals surface area contributed by atoms with E-state index in [2.05, 4.69) is 21.1 Å². The Labute approximate surface area is 116 Å². The van der Waals surface area contributed by atoms with Crippen molar-refractivity contribution in [1.82, 2.24) is 14.9 Å². The van der Waals surface area contributed by atoms with Gasteiger partial charge >= 0.3 is 0 Å². The predicted molar refractivity (Wildman–Crippen MR) is 76.1 cm³/mol. The molecule has 5 heteroatoms. The van der Waals surface area contributed by atoms with Crippen molar-refractivity contribution in [2.24, 2.45) is 5.92 Å². The molecule has 0 atom stereocenters. The van der Waals surface area contributed by atoms with Crippen LogP contribution in [0.5, 0.6) is 0 Å². The first-order chi connectivity index (χ1) is 8.83. The Balaban J connectivity index is 1.78. The van der Waals surface area contributed by atoms with Crippen molar-refractivity contribution in [3.8, 4) is 10.7 Å². The Kier molecular flexibility index (Phi) is 3.68. The van der Waals surface area contributed by atoms with Gasteiger partial charge in [0.05, 0.1) is 9.21 Å². The fourth-order valence-corrected chi connectivity index (χ4v) is 3.51. The molecule has 0 amide bonds. The van der Waals surface area contributed by atoms with Gasteiger partial charge in [-0.2, -0.15) is 0 Å².